The first-order valence-corrected chi connectivity index (χ1v) is 9.89. The summed E-state index contributed by atoms with van der Waals surface area (Å²) in [6, 6.07) is 15.9. The molecule has 1 aliphatic rings. The highest BCUT2D eigenvalue weighted by atomic mass is 32.2. The van der Waals surface area contributed by atoms with Gasteiger partial charge in [0.1, 0.15) is 16.8 Å². The maximum absolute atomic E-state index is 9.10. The second-order valence-corrected chi connectivity index (χ2v) is 7.56. The van der Waals surface area contributed by atoms with Crippen LogP contribution in [0.2, 0.25) is 0 Å². The predicted molar refractivity (Wildman–Crippen MR) is 105 cm³/mol. The van der Waals surface area contributed by atoms with E-state index in [4.69, 9.17) is 5.26 Å². The zero-order valence-electron chi connectivity index (χ0n) is 15.2. The van der Waals surface area contributed by atoms with Crippen molar-refractivity contribution in [3.8, 4) is 11.8 Å². The summed E-state index contributed by atoms with van der Waals surface area (Å²) in [4.78, 5) is 6.67. The van der Waals surface area contributed by atoms with Crippen molar-refractivity contribution in [2.75, 3.05) is 18.0 Å². The fourth-order valence-electron chi connectivity index (χ4n) is 3.17. The number of aryl methyl sites for hydroxylation is 1. The molecule has 1 fully saturated rings. The lowest BCUT2D eigenvalue weighted by molar-refractivity contribution is 0.564. The first-order chi connectivity index (χ1) is 13.2. The Morgan fingerprint density at radius 3 is 2.52 bits per heavy atom. The van der Waals surface area contributed by atoms with Crippen LogP contribution >= 0.6 is 11.8 Å². The van der Waals surface area contributed by atoms with Gasteiger partial charge in [0.2, 0.25) is 11.1 Å². The van der Waals surface area contributed by atoms with Crippen molar-refractivity contribution >= 4 is 17.7 Å². The normalized spacial score (nSPS) is 14.1. The highest BCUT2D eigenvalue weighted by Crippen LogP contribution is 2.31. The molecule has 4 rings (SSSR count). The predicted octanol–water partition coefficient (Wildman–Crippen LogP) is 3.98. The van der Waals surface area contributed by atoms with Crippen molar-refractivity contribution in [1.29, 1.82) is 5.26 Å². The van der Waals surface area contributed by atoms with Crippen molar-refractivity contribution < 1.29 is 0 Å². The van der Waals surface area contributed by atoms with Crippen LogP contribution in [0.25, 0.3) is 5.69 Å². The van der Waals surface area contributed by atoms with Crippen molar-refractivity contribution in [2.24, 2.45) is 0 Å². The highest BCUT2D eigenvalue weighted by Gasteiger charge is 2.22. The monoisotopic (exact) mass is 376 g/mol. The number of hydrogen-bond acceptors (Lipinski definition) is 6. The number of piperidine rings is 1. The summed E-state index contributed by atoms with van der Waals surface area (Å²) in [5.41, 5.74) is 2.65. The molecule has 136 valence electrons. The van der Waals surface area contributed by atoms with E-state index in [0.29, 0.717) is 5.69 Å². The summed E-state index contributed by atoms with van der Waals surface area (Å²) in [6.07, 6.45) is 3.62. The molecule has 7 heteroatoms. The average Bonchev–Trinajstić information content (AvgIpc) is 3.13. The van der Waals surface area contributed by atoms with Gasteiger partial charge in [0.25, 0.3) is 0 Å². The van der Waals surface area contributed by atoms with E-state index in [1.54, 1.807) is 6.07 Å². The Morgan fingerprint density at radius 1 is 1.00 bits per heavy atom. The van der Waals surface area contributed by atoms with Crippen LogP contribution < -0.4 is 4.90 Å². The minimum absolute atomic E-state index is 0.401. The van der Waals surface area contributed by atoms with Gasteiger partial charge in [-0.25, -0.2) is 4.98 Å². The molecule has 3 heterocycles. The van der Waals surface area contributed by atoms with Crippen molar-refractivity contribution in [1.82, 2.24) is 19.7 Å². The Balaban J connectivity index is 1.75. The second kappa shape index (κ2) is 7.80. The Morgan fingerprint density at radius 2 is 1.78 bits per heavy atom. The maximum atomic E-state index is 9.10. The molecule has 6 nitrogen and oxygen atoms in total. The van der Waals surface area contributed by atoms with Gasteiger partial charge in [0.15, 0.2) is 0 Å². The van der Waals surface area contributed by atoms with Gasteiger partial charge in [-0.15, -0.1) is 10.2 Å². The number of anilines is 1. The van der Waals surface area contributed by atoms with E-state index >= 15 is 0 Å². The molecule has 0 radical (unpaired) electrons. The highest BCUT2D eigenvalue weighted by molar-refractivity contribution is 7.99. The molecular formula is C20H20N6S. The summed E-state index contributed by atoms with van der Waals surface area (Å²) in [5.74, 6) is 0.873. The van der Waals surface area contributed by atoms with Gasteiger partial charge >= 0.3 is 0 Å². The number of nitrogens with zero attached hydrogens (tertiary/aromatic N) is 6. The molecule has 1 aromatic carbocycles. The molecule has 0 spiro atoms. The largest absolute Gasteiger partial charge is 0.341 e. The number of nitriles is 1. The number of aromatic nitrogens is 4. The molecule has 0 amide bonds. The van der Waals surface area contributed by atoms with Crippen LogP contribution in [0.15, 0.2) is 52.6 Å². The number of benzene rings is 1. The summed E-state index contributed by atoms with van der Waals surface area (Å²) in [7, 11) is 0. The quantitative estimate of drug-likeness (QED) is 0.686. The van der Waals surface area contributed by atoms with Gasteiger partial charge in [-0.3, -0.25) is 4.57 Å². The van der Waals surface area contributed by atoms with Crippen LogP contribution in [0.1, 0.15) is 30.5 Å². The molecule has 3 aromatic rings. The molecule has 0 atom stereocenters. The van der Waals surface area contributed by atoms with Gasteiger partial charge in [0, 0.05) is 13.1 Å². The van der Waals surface area contributed by atoms with Crippen molar-refractivity contribution in [3.05, 3.63) is 53.7 Å². The maximum Gasteiger partial charge on any atom is 0.232 e. The molecule has 0 saturated carbocycles. The molecule has 1 saturated heterocycles. The molecule has 0 unspecified atom stereocenters. The fourth-order valence-corrected chi connectivity index (χ4v) is 4.01. The van der Waals surface area contributed by atoms with Crippen molar-refractivity contribution in [3.63, 3.8) is 0 Å². The molecule has 27 heavy (non-hydrogen) atoms. The van der Waals surface area contributed by atoms with Crippen LogP contribution in [0.5, 0.6) is 0 Å². The van der Waals surface area contributed by atoms with E-state index in [9.17, 15) is 0 Å². The lowest BCUT2D eigenvalue weighted by Crippen LogP contribution is -2.31. The first-order valence-electron chi connectivity index (χ1n) is 9.07. The van der Waals surface area contributed by atoms with Gasteiger partial charge in [-0.2, -0.15) is 5.26 Å². The molecular weight excluding hydrogens is 356 g/mol. The summed E-state index contributed by atoms with van der Waals surface area (Å²) >= 11 is 1.43. The fraction of sp³-hybridized carbons (Fsp3) is 0.300. The van der Waals surface area contributed by atoms with E-state index < -0.39 is 0 Å². The van der Waals surface area contributed by atoms with Gasteiger partial charge in [-0.05, 0) is 62.2 Å². The van der Waals surface area contributed by atoms with Crippen LogP contribution in [0.3, 0.4) is 0 Å². The van der Waals surface area contributed by atoms with E-state index in [1.165, 1.54) is 36.6 Å². The van der Waals surface area contributed by atoms with Gasteiger partial charge < -0.3 is 4.90 Å². The van der Waals surface area contributed by atoms with E-state index in [0.717, 1.165) is 34.9 Å². The lowest BCUT2D eigenvalue weighted by Gasteiger charge is -2.27. The first kappa shape index (κ1) is 17.6. The lowest BCUT2D eigenvalue weighted by atomic mass is 10.1. The van der Waals surface area contributed by atoms with Gasteiger partial charge in [-0.1, -0.05) is 23.8 Å². The zero-order valence-corrected chi connectivity index (χ0v) is 16.0. The summed E-state index contributed by atoms with van der Waals surface area (Å²) in [6.45, 7) is 4.07. The van der Waals surface area contributed by atoms with Gasteiger partial charge in [0.05, 0.1) is 5.69 Å². The van der Waals surface area contributed by atoms with Crippen LogP contribution in [-0.2, 0) is 0 Å². The Bertz CT molecular complexity index is 967. The molecule has 2 aromatic heterocycles. The number of rotatable bonds is 4. The minimum atomic E-state index is 0.401. The van der Waals surface area contributed by atoms with Crippen LogP contribution in [-0.4, -0.2) is 32.8 Å². The Hall–Kier alpha value is -2.85. The SMILES string of the molecule is Cc1ccc(-n2c(Sc3cccc(C#N)n3)nnc2N2CCCCC2)cc1. The van der Waals surface area contributed by atoms with E-state index in [1.807, 2.05) is 12.1 Å². The minimum Gasteiger partial charge on any atom is -0.341 e. The summed E-state index contributed by atoms with van der Waals surface area (Å²) < 4.78 is 2.09. The Labute approximate surface area is 162 Å². The molecule has 1 aliphatic heterocycles. The van der Waals surface area contributed by atoms with Crippen molar-refractivity contribution in [2.45, 2.75) is 36.4 Å². The van der Waals surface area contributed by atoms with E-state index in [2.05, 4.69) is 61.9 Å². The third kappa shape index (κ3) is 3.81. The third-order valence-corrected chi connectivity index (χ3v) is 5.46. The Kier molecular flexibility index (Phi) is 5.07. The smallest absolute Gasteiger partial charge is 0.232 e. The number of hydrogen-bond donors (Lipinski definition) is 0. The molecule has 0 bridgehead atoms. The zero-order chi connectivity index (χ0) is 18.6. The molecule has 0 N–H and O–H groups in total. The topological polar surface area (TPSA) is 70.6 Å². The van der Waals surface area contributed by atoms with Crippen LogP contribution in [0, 0.1) is 18.3 Å². The standard InChI is InChI=1S/C20H20N6S/c1-15-8-10-17(11-9-15)26-19(25-12-3-2-4-13-25)23-24-20(26)27-18-7-5-6-16(14-21)22-18/h5-11H,2-4,12-13H2,1H3. The van der Waals surface area contributed by atoms with E-state index in [-0.39, 0.29) is 0 Å². The molecule has 0 aliphatic carbocycles. The summed E-state index contributed by atoms with van der Waals surface area (Å²) in [5, 5.41) is 19.5. The average molecular weight is 376 g/mol. The number of pyridine rings is 1. The third-order valence-electron chi connectivity index (χ3n) is 4.58. The van der Waals surface area contributed by atoms with Crippen LogP contribution in [0.4, 0.5) is 5.95 Å². The second-order valence-electron chi connectivity index (χ2n) is 6.58.